The predicted molar refractivity (Wildman–Crippen MR) is 100 cm³/mol. The summed E-state index contributed by atoms with van der Waals surface area (Å²) < 4.78 is 0. The third-order valence-electron chi connectivity index (χ3n) is 4.65. The second-order valence-electron chi connectivity index (χ2n) is 6.48. The van der Waals surface area contributed by atoms with Gasteiger partial charge in [-0.2, -0.15) is 0 Å². The van der Waals surface area contributed by atoms with Crippen LogP contribution in [0.25, 0.3) is 0 Å². The third-order valence-corrected chi connectivity index (χ3v) is 4.65. The number of amides is 4. The minimum atomic E-state index is -0.383. The van der Waals surface area contributed by atoms with Gasteiger partial charge in [-0.3, -0.25) is 14.5 Å². The largest absolute Gasteiger partial charge is 0.334 e. The number of halogens is 1. The van der Waals surface area contributed by atoms with E-state index in [9.17, 15) is 14.4 Å². The molecule has 2 saturated heterocycles. The normalized spacial score (nSPS) is 19.3. The van der Waals surface area contributed by atoms with Crippen molar-refractivity contribution in [1.29, 1.82) is 0 Å². The van der Waals surface area contributed by atoms with Gasteiger partial charge in [-0.05, 0) is 37.1 Å². The zero-order valence-corrected chi connectivity index (χ0v) is 15.7. The summed E-state index contributed by atoms with van der Waals surface area (Å²) in [5, 5.41) is 5.81. The fourth-order valence-electron chi connectivity index (χ4n) is 3.36. The maximum Gasteiger partial charge on any atom is 0.324 e. The molecule has 7 nitrogen and oxygen atoms in total. The quantitative estimate of drug-likeness (QED) is 0.730. The van der Waals surface area contributed by atoms with Crippen molar-refractivity contribution in [3.63, 3.8) is 0 Å². The van der Waals surface area contributed by atoms with Crippen LogP contribution in [0.1, 0.15) is 35.7 Å². The lowest BCUT2D eigenvalue weighted by molar-refractivity contribution is -0.125. The van der Waals surface area contributed by atoms with Gasteiger partial charge in [-0.1, -0.05) is 19.1 Å². The molecule has 2 fully saturated rings. The molecule has 3 rings (SSSR count). The molecule has 8 heteroatoms. The number of carbonyl (C=O) groups excluding carboxylic acids is 3. The Bertz CT molecular complexity index is 660. The predicted octanol–water partition coefficient (Wildman–Crippen LogP) is 1.37. The summed E-state index contributed by atoms with van der Waals surface area (Å²) in [5.41, 5.74) is 1.38. The first-order valence-corrected chi connectivity index (χ1v) is 8.79. The van der Waals surface area contributed by atoms with E-state index in [1.54, 1.807) is 18.2 Å². The average Bonchev–Trinajstić information content (AvgIpc) is 3.25. The van der Waals surface area contributed by atoms with Crippen LogP contribution in [-0.4, -0.2) is 59.9 Å². The van der Waals surface area contributed by atoms with Crippen LogP contribution in [0.4, 0.5) is 4.79 Å². The zero-order chi connectivity index (χ0) is 17.8. The Kier molecular flexibility index (Phi) is 6.99. The topological polar surface area (TPSA) is 81.8 Å². The van der Waals surface area contributed by atoms with Gasteiger partial charge in [0.25, 0.3) is 5.91 Å². The Morgan fingerprint density at radius 2 is 2.15 bits per heavy atom. The highest BCUT2D eigenvalue weighted by Gasteiger charge is 2.29. The molecule has 2 aliphatic rings. The molecule has 0 aromatic heterocycles. The van der Waals surface area contributed by atoms with Gasteiger partial charge < -0.3 is 15.5 Å². The highest BCUT2D eigenvalue weighted by atomic mass is 35.5. The van der Waals surface area contributed by atoms with Gasteiger partial charge in [-0.15, -0.1) is 12.4 Å². The lowest BCUT2D eigenvalue weighted by Gasteiger charge is -2.28. The number of rotatable bonds is 6. The summed E-state index contributed by atoms with van der Waals surface area (Å²) in [6.07, 6.45) is 1.87. The Labute approximate surface area is 159 Å². The number of hydrogen-bond acceptors (Lipinski definition) is 4. The first kappa shape index (κ1) is 20.2. The molecule has 1 atom stereocenters. The molecule has 2 heterocycles. The summed E-state index contributed by atoms with van der Waals surface area (Å²) in [7, 11) is 0. The molecule has 0 bridgehead atoms. The summed E-state index contributed by atoms with van der Waals surface area (Å²) in [4.78, 5) is 39.5. The lowest BCUT2D eigenvalue weighted by Crippen LogP contribution is -2.42. The summed E-state index contributed by atoms with van der Waals surface area (Å²) >= 11 is 0. The van der Waals surface area contributed by atoms with E-state index in [1.165, 1.54) is 4.90 Å². The van der Waals surface area contributed by atoms with Crippen molar-refractivity contribution >= 4 is 30.3 Å². The second-order valence-corrected chi connectivity index (χ2v) is 6.48. The molecule has 142 valence electrons. The second kappa shape index (κ2) is 9.00. The molecule has 1 unspecified atom stereocenters. The van der Waals surface area contributed by atoms with E-state index in [-0.39, 0.29) is 49.4 Å². The number of nitrogens with one attached hydrogen (secondary N) is 2. The molecular formula is C18H25ClN4O3. The fraction of sp³-hybridized carbons (Fsp3) is 0.500. The lowest BCUT2D eigenvalue weighted by atomic mass is 10.1. The van der Waals surface area contributed by atoms with E-state index >= 15 is 0 Å². The van der Waals surface area contributed by atoms with Crippen LogP contribution in [-0.2, 0) is 11.3 Å². The molecule has 2 N–H and O–H groups in total. The molecule has 1 aromatic carbocycles. The van der Waals surface area contributed by atoms with Crippen molar-refractivity contribution in [2.24, 2.45) is 0 Å². The smallest absolute Gasteiger partial charge is 0.324 e. The van der Waals surface area contributed by atoms with E-state index in [0.29, 0.717) is 5.56 Å². The van der Waals surface area contributed by atoms with Crippen LogP contribution in [0, 0.1) is 0 Å². The monoisotopic (exact) mass is 380 g/mol. The van der Waals surface area contributed by atoms with E-state index in [1.807, 2.05) is 11.0 Å². The average molecular weight is 381 g/mol. The van der Waals surface area contributed by atoms with Crippen LogP contribution in [0.2, 0.25) is 0 Å². The maximum absolute atomic E-state index is 13.0. The minimum absolute atomic E-state index is 0. The van der Waals surface area contributed by atoms with Gasteiger partial charge in [-0.25, -0.2) is 4.79 Å². The van der Waals surface area contributed by atoms with Crippen molar-refractivity contribution < 1.29 is 14.4 Å². The van der Waals surface area contributed by atoms with Crippen LogP contribution in [0.3, 0.4) is 0 Å². The first-order chi connectivity index (χ1) is 12.1. The number of nitrogens with zero attached hydrogens (tertiary/aromatic N) is 2. The maximum atomic E-state index is 13.0. The van der Waals surface area contributed by atoms with Crippen molar-refractivity contribution in [2.75, 3.05) is 26.2 Å². The summed E-state index contributed by atoms with van der Waals surface area (Å²) in [6, 6.07) is 7.05. The van der Waals surface area contributed by atoms with E-state index in [2.05, 4.69) is 17.6 Å². The highest BCUT2D eigenvalue weighted by Crippen LogP contribution is 2.17. The van der Waals surface area contributed by atoms with Crippen LogP contribution in [0.5, 0.6) is 0 Å². The van der Waals surface area contributed by atoms with Gasteiger partial charge in [0, 0.05) is 24.7 Å². The number of imide groups is 1. The van der Waals surface area contributed by atoms with E-state index in [4.69, 9.17) is 0 Å². The Balaban J connectivity index is 0.00000243. The Morgan fingerprint density at radius 1 is 1.35 bits per heavy atom. The standard InChI is InChI=1S/C18H24N4O3.ClH/c1-2-8-21(15-6-7-19-10-15)17(24)14-5-3-4-13(9-14)12-22-16(23)11-20-18(22)25;/h3-5,9,15,19H,2,6-8,10-12H2,1H3,(H,20,25);1H. The molecular weight excluding hydrogens is 356 g/mol. The van der Waals surface area contributed by atoms with Crippen molar-refractivity contribution in [3.8, 4) is 0 Å². The first-order valence-electron chi connectivity index (χ1n) is 8.79. The number of carbonyl (C=O) groups is 3. The Hall–Kier alpha value is -2.12. The van der Waals surface area contributed by atoms with Gasteiger partial charge in [0.05, 0.1) is 13.1 Å². The molecule has 0 spiro atoms. The van der Waals surface area contributed by atoms with Crippen molar-refractivity contribution in [3.05, 3.63) is 35.4 Å². The van der Waals surface area contributed by atoms with Gasteiger partial charge in [0.2, 0.25) is 5.91 Å². The molecule has 4 amide bonds. The molecule has 0 aliphatic carbocycles. The minimum Gasteiger partial charge on any atom is -0.334 e. The molecule has 26 heavy (non-hydrogen) atoms. The SMILES string of the molecule is CCCN(C(=O)c1cccc(CN2C(=O)CNC2=O)c1)C1CCNC1.Cl. The number of benzene rings is 1. The van der Waals surface area contributed by atoms with Crippen LogP contribution < -0.4 is 10.6 Å². The highest BCUT2D eigenvalue weighted by molar-refractivity contribution is 6.02. The van der Waals surface area contributed by atoms with E-state index in [0.717, 1.165) is 38.0 Å². The molecule has 1 aromatic rings. The third kappa shape index (κ3) is 4.34. The van der Waals surface area contributed by atoms with Crippen LogP contribution in [0.15, 0.2) is 24.3 Å². The summed E-state index contributed by atoms with van der Waals surface area (Å²) in [6.45, 7) is 4.78. The number of hydrogen-bond donors (Lipinski definition) is 2. The van der Waals surface area contributed by atoms with Gasteiger partial charge >= 0.3 is 6.03 Å². The molecule has 0 saturated carbocycles. The zero-order valence-electron chi connectivity index (χ0n) is 14.9. The molecule has 0 radical (unpaired) electrons. The van der Waals surface area contributed by atoms with Crippen molar-refractivity contribution in [1.82, 2.24) is 20.4 Å². The number of urea groups is 1. The summed E-state index contributed by atoms with van der Waals surface area (Å²) in [5.74, 6) is -0.235. The fourth-order valence-corrected chi connectivity index (χ4v) is 3.36. The van der Waals surface area contributed by atoms with E-state index < -0.39 is 0 Å². The van der Waals surface area contributed by atoms with Gasteiger partial charge in [0.15, 0.2) is 0 Å². The molecule has 2 aliphatic heterocycles. The van der Waals surface area contributed by atoms with Crippen molar-refractivity contribution in [2.45, 2.75) is 32.4 Å². The van der Waals surface area contributed by atoms with Gasteiger partial charge in [0.1, 0.15) is 0 Å². The Morgan fingerprint density at radius 3 is 2.77 bits per heavy atom. The van der Waals surface area contributed by atoms with Crippen LogP contribution >= 0.6 is 12.4 Å².